The first kappa shape index (κ1) is 19.2. The molecule has 0 saturated carbocycles. The topological polar surface area (TPSA) is 65.5 Å². The number of rotatable bonds is 5. The van der Waals surface area contributed by atoms with Gasteiger partial charge in [-0.1, -0.05) is 12.1 Å². The van der Waals surface area contributed by atoms with Crippen molar-refractivity contribution < 1.29 is 8.42 Å². The van der Waals surface area contributed by atoms with Crippen molar-refractivity contribution in [1.82, 2.24) is 9.29 Å². The van der Waals surface area contributed by atoms with Crippen molar-refractivity contribution in [2.75, 3.05) is 36.4 Å². The van der Waals surface area contributed by atoms with Gasteiger partial charge in [0.05, 0.1) is 0 Å². The molecule has 1 N–H and O–H groups in total. The van der Waals surface area contributed by atoms with E-state index in [1.807, 2.05) is 6.07 Å². The van der Waals surface area contributed by atoms with Gasteiger partial charge in [0, 0.05) is 44.1 Å². The van der Waals surface area contributed by atoms with E-state index in [1.54, 1.807) is 10.4 Å². The predicted octanol–water partition coefficient (Wildman–Crippen LogP) is 3.26. The van der Waals surface area contributed by atoms with Crippen LogP contribution in [0.5, 0.6) is 0 Å². The zero-order valence-electron chi connectivity index (χ0n) is 16.3. The zero-order chi connectivity index (χ0) is 19.6. The molecule has 2 aliphatic heterocycles. The van der Waals surface area contributed by atoms with Gasteiger partial charge in [0.15, 0.2) is 0 Å². The lowest BCUT2D eigenvalue weighted by atomic mass is 10.0. The minimum absolute atomic E-state index is 0.300. The Bertz CT molecular complexity index is 900. The van der Waals surface area contributed by atoms with Crippen LogP contribution in [-0.4, -0.2) is 49.9 Å². The molecule has 2 aliphatic rings. The molecule has 2 saturated heterocycles. The lowest BCUT2D eigenvalue weighted by molar-refractivity contribution is 0.477. The standard InChI is InChI=1S/C21H28N4O2S/c1-17-5-4-6-19(15-17)23-18-9-13-24(14-10-18)21-8-7-20(16-22-21)28(26,27)25-11-2-3-12-25/h4-8,15-16,18,23H,2-3,9-14H2,1H3. The molecule has 0 spiro atoms. The third-order valence-electron chi connectivity index (χ3n) is 5.63. The first-order valence-electron chi connectivity index (χ1n) is 10.1. The highest BCUT2D eigenvalue weighted by Crippen LogP contribution is 2.24. The van der Waals surface area contributed by atoms with Crippen molar-refractivity contribution in [3.63, 3.8) is 0 Å². The van der Waals surface area contributed by atoms with E-state index < -0.39 is 10.0 Å². The van der Waals surface area contributed by atoms with Gasteiger partial charge in [0.1, 0.15) is 10.7 Å². The van der Waals surface area contributed by atoms with Crippen molar-refractivity contribution in [2.24, 2.45) is 0 Å². The number of aromatic nitrogens is 1. The van der Waals surface area contributed by atoms with Crippen LogP contribution in [0.3, 0.4) is 0 Å². The van der Waals surface area contributed by atoms with Crippen LogP contribution in [0.25, 0.3) is 0 Å². The van der Waals surface area contributed by atoms with E-state index >= 15 is 0 Å². The third-order valence-corrected chi connectivity index (χ3v) is 7.51. The Kier molecular flexibility index (Phi) is 5.55. The highest BCUT2D eigenvalue weighted by molar-refractivity contribution is 7.89. The van der Waals surface area contributed by atoms with Crippen LogP contribution < -0.4 is 10.2 Å². The smallest absolute Gasteiger partial charge is 0.244 e. The average molecular weight is 401 g/mol. The predicted molar refractivity (Wildman–Crippen MR) is 112 cm³/mol. The van der Waals surface area contributed by atoms with Crippen LogP contribution in [-0.2, 0) is 10.0 Å². The number of pyridine rings is 1. The van der Waals surface area contributed by atoms with Crippen molar-refractivity contribution in [1.29, 1.82) is 0 Å². The summed E-state index contributed by atoms with van der Waals surface area (Å²) in [5.41, 5.74) is 2.43. The second-order valence-corrected chi connectivity index (χ2v) is 9.68. The van der Waals surface area contributed by atoms with Crippen LogP contribution in [0.2, 0.25) is 0 Å². The number of aryl methyl sites for hydroxylation is 1. The summed E-state index contributed by atoms with van der Waals surface area (Å²) in [5.74, 6) is 0.856. The Hall–Kier alpha value is -2.12. The minimum Gasteiger partial charge on any atom is -0.382 e. The molecule has 0 aliphatic carbocycles. The maximum absolute atomic E-state index is 12.6. The molecule has 1 aromatic carbocycles. The minimum atomic E-state index is -3.39. The normalized spacial score (nSPS) is 19.1. The van der Waals surface area contributed by atoms with E-state index in [9.17, 15) is 8.42 Å². The van der Waals surface area contributed by atoms with Gasteiger partial charge in [-0.25, -0.2) is 13.4 Å². The third kappa shape index (κ3) is 4.15. The fourth-order valence-electron chi connectivity index (χ4n) is 4.01. The van der Waals surface area contributed by atoms with Gasteiger partial charge in [-0.05, 0) is 62.4 Å². The largest absolute Gasteiger partial charge is 0.382 e. The van der Waals surface area contributed by atoms with Crippen LogP contribution in [0.1, 0.15) is 31.2 Å². The molecule has 0 amide bonds. The molecule has 28 heavy (non-hydrogen) atoms. The van der Waals surface area contributed by atoms with Crippen molar-refractivity contribution in [3.05, 3.63) is 48.2 Å². The Balaban J connectivity index is 1.36. The number of hydrogen-bond donors (Lipinski definition) is 1. The molecule has 3 heterocycles. The Labute approximate surface area is 167 Å². The lowest BCUT2D eigenvalue weighted by Gasteiger charge is -2.33. The number of piperidine rings is 1. The number of nitrogens with one attached hydrogen (secondary N) is 1. The summed E-state index contributed by atoms with van der Waals surface area (Å²) in [7, 11) is -3.39. The van der Waals surface area contributed by atoms with Gasteiger partial charge < -0.3 is 10.2 Å². The van der Waals surface area contributed by atoms with Gasteiger partial charge in [0.25, 0.3) is 0 Å². The van der Waals surface area contributed by atoms with E-state index in [1.165, 1.54) is 17.4 Å². The summed E-state index contributed by atoms with van der Waals surface area (Å²) in [6, 6.07) is 12.5. The summed E-state index contributed by atoms with van der Waals surface area (Å²) < 4.78 is 26.8. The molecular weight excluding hydrogens is 372 g/mol. The van der Waals surface area contributed by atoms with Gasteiger partial charge >= 0.3 is 0 Å². The average Bonchev–Trinajstić information content (AvgIpc) is 3.25. The number of anilines is 2. The molecule has 7 heteroatoms. The molecule has 0 atom stereocenters. The van der Waals surface area contributed by atoms with Gasteiger partial charge in [-0.15, -0.1) is 0 Å². The van der Waals surface area contributed by atoms with Crippen LogP contribution in [0, 0.1) is 6.92 Å². The SMILES string of the molecule is Cc1cccc(NC2CCN(c3ccc(S(=O)(=O)N4CCCC4)cn3)CC2)c1. The second-order valence-electron chi connectivity index (χ2n) is 7.74. The van der Waals surface area contributed by atoms with E-state index in [4.69, 9.17) is 0 Å². The molecule has 6 nitrogen and oxygen atoms in total. The summed E-state index contributed by atoms with van der Waals surface area (Å²) in [4.78, 5) is 7.00. The first-order valence-corrected chi connectivity index (χ1v) is 11.5. The molecule has 2 aromatic rings. The van der Waals surface area contributed by atoms with Crippen molar-refractivity contribution in [3.8, 4) is 0 Å². The second kappa shape index (κ2) is 8.09. The van der Waals surface area contributed by atoms with Gasteiger partial charge in [-0.2, -0.15) is 4.31 Å². The molecule has 0 bridgehead atoms. The van der Waals surface area contributed by atoms with E-state index in [0.717, 1.165) is 44.6 Å². The van der Waals surface area contributed by atoms with Gasteiger partial charge in [0.2, 0.25) is 10.0 Å². The number of hydrogen-bond acceptors (Lipinski definition) is 5. The zero-order valence-corrected chi connectivity index (χ0v) is 17.2. The maximum Gasteiger partial charge on any atom is 0.244 e. The summed E-state index contributed by atoms with van der Waals surface area (Å²) in [5, 5.41) is 3.62. The van der Waals surface area contributed by atoms with Gasteiger partial charge in [-0.3, -0.25) is 0 Å². The van der Waals surface area contributed by atoms with E-state index in [0.29, 0.717) is 24.0 Å². The Morgan fingerprint density at radius 1 is 1.04 bits per heavy atom. The van der Waals surface area contributed by atoms with Crippen molar-refractivity contribution in [2.45, 2.75) is 43.5 Å². The summed E-state index contributed by atoms with van der Waals surface area (Å²) in [6.07, 6.45) is 5.46. The number of nitrogens with zero attached hydrogens (tertiary/aromatic N) is 3. The fourth-order valence-corrected chi connectivity index (χ4v) is 5.48. The van der Waals surface area contributed by atoms with Crippen LogP contribution in [0.15, 0.2) is 47.5 Å². The summed E-state index contributed by atoms with van der Waals surface area (Å²) in [6.45, 7) is 5.16. The molecule has 0 radical (unpaired) electrons. The highest BCUT2D eigenvalue weighted by atomic mass is 32.2. The molecule has 150 valence electrons. The Morgan fingerprint density at radius 2 is 1.79 bits per heavy atom. The fraction of sp³-hybridized carbons (Fsp3) is 0.476. The van der Waals surface area contributed by atoms with E-state index in [-0.39, 0.29) is 0 Å². The molecule has 1 aromatic heterocycles. The molecule has 4 rings (SSSR count). The quantitative estimate of drug-likeness (QED) is 0.835. The Morgan fingerprint density at radius 3 is 2.43 bits per heavy atom. The van der Waals surface area contributed by atoms with Crippen LogP contribution >= 0.6 is 0 Å². The molecule has 0 unspecified atom stereocenters. The van der Waals surface area contributed by atoms with E-state index in [2.05, 4.69) is 46.4 Å². The lowest BCUT2D eigenvalue weighted by Crippen LogP contribution is -2.39. The molecular formula is C21H28N4O2S. The highest BCUT2D eigenvalue weighted by Gasteiger charge is 2.28. The summed E-state index contributed by atoms with van der Waals surface area (Å²) >= 11 is 0. The van der Waals surface area contributed by atoms with Crippen LogP contribution in [0.4, 0.5) is 11.5 Å². The first-order chi connectivity index (χ1) is 13.5. The monoisotopic (exact) mass is 400 g/mol. The number of benzene rings is 1. The number of sulfonamides is 1. The van der Waals surface area contributed by atoms with Crippen molar-refractivity contribution >= 4 is 21.5 Å². The molecule has 2 fully saturated rings. The maximum atomic E-state index is 12.6.